The maximum atomic E-state index is 14.7. The average molecular weight is 634 g/mol. The summed E-state index contributed by atoms with van der Waals surface area (Å²) >= 11 is 7.98. The van der Waals surface area contributed by atoms with Gasteiger partial charge in [0.15, 0.2) is 25.8 Å². The van der Waals surface area contributed by atoms with Crippen molar-refractivity contribution >= 4 is 31.7 Å². The molecule has 0 saturated carbocycles. The first-order valence-electron chi connectivity index (χ1n) is 13.5. The van der Waals surface area contributed by atoms with Crippen LogP contribution < -0.4 is 9.47 Å². The highest BCUT2D eigenvalue weighted by molar-refractivity contribution is 7.98. The molecule has 0 fully saturated rings. The lowest BCUT2D eigenvalue weighted by Crippen LogP contribution is -2.45. The van der Waals surface area contributed by atoms with E-state index >= 15 is 0 Å². The molecule has 226 valence electrons. The Balaban J connectivity index is 1.72. The van der Waals surface area contributed by atoms with Crippen LogP contribution in [0.5, 0.6) is 11.5 Å². The predicted octanol–water partition coefficient (Wildman–Crippen LogP) is 8.66. The lowest BCUT2D eigenvalue weighted by atomic mass is 9.77. The van der Waals surface area contributed by atoms with E-state index in [1.807, 2.05) is 84.3 Å². The lowest BCUT2D eigenvalue weighted by molar-refractivity contribution is -0.0761. The Kier molecular flexibility index (Phi) is 10.7. The fourth-order valence-corrected chi connectivity index (χ4v) is 5.41. The van der Waals surface area contributed by atoms with E-state index in [1.54, 1.807) is 18.3 Å². The molecule has 3 aromatic rings. The van der Waals surface area contributed by atoms with Crippen molar-refractivity contribution in [2.45, 2.75) is 75.9 Å². The maximum absolute atomic E-state index is 14.7. The van der Waals surface area contributed by atoms with Crippen molar-refractivity contribution < 1.29 is 22.7 Å². The van der Waals surface area contributed by atoms with Crippen LogP contribution in [0, 0.1) is 11.3 Å². The largest absolute Gasteiger partial charge is 0.487 e. The van der Waals surface area contributed by atoms with Crippen molar-refractivity contribution in [3.63, 3.8) is 0 Å². The molecule has 0 spiro atoms. The zero-order valence-electron chi connectivity index (χ0n) is 25.3. The van der Waals surface area contributed by atoms with Gasteiger partial charge in [-0.05, 0) is 65.8 Å². The van der Waals surface area contributed by atoms with E-state index in [2.05, 4.69) is 16.0 Å². The Morgan fingerprint density at radius 1 is 0.976 bits per heavy atom. The van der Waals surface area contributed by atoms with Gasteiger partial charge in [0.05, 0.1) is 16.3 Å². The number of rotatable bonds is 12. The predicted molar refractivity (Wildman–Crippen MR) is 166 cm³/mol. The molecule has 0 amide bonds. The molecule has 6 nitrogen and oxygen atoms in total. The minimum Gasteiger partial charge on any atom is -0.487 e. The topological polar surface area (TPSA) is 77.3 Å². The van der Waals surface area contributed by atoms with Crippen LogP contribution in [-0.2, 0) is 16.4 Å². The van der Waals surface area contributed by atoms with Gasteiger partial charge in [0.2, 0.25) is 0 Å². The smallest absolute Gasteiger partial charge is 0.302 e. The molecule has 0 bridgehead atoms. The average Bonchev–Trinajstić information content (AvgIpc) is 2.93. The summed E-state index contributed by atoms with van der Waals surface area (Å²) < 4.78 is 46.5. The van der Waals surface area contributed by atoms with Crippen LogP contribution in [-0.4, -0.2) is 43.7 Å². The second kappa shape index (κ2) is 13.3. The number of nitrogens with zero attached hydrogens (tertiary/aromatic N) is 3. The SMILES string of the molecule is CSc1nccc(COc2ccc(C(C)(C)c3cc(Cl)c(OCC(F)(F)CO[Si](C)(C)C(C)(C)C)c(C#N)c3)cc2)n1. The van der Waals surface area contributed by atoms with Crippen LogP contribution in [0.2, 0.25) is 23.2 Å². The molecule has 0 saturated heterocycles. The Morgan fingerprint density at radius 3 is 2.24 bits per heavy atom. The molecule has 42 heavy (non-hydrogen) atoms. The molecule has 1 heterocycles. The summed E-state index contributed by atoms with van der Waals surface area (Å²) in [5, 5.41) is 10.4. The van der Waals surface area contributed by atoms with Gasteiger partial charge < -0.3 is 13.9 Å². The molecule has 0 aliphatic rings. The van der Waals surface area contributed by atoms with Crippen molar-refractivity contribution in [2.75, 3.05) is 19.5 Å². The summed E-state index contributed by atoms with van der Waals surface area (Å²) in [6.45, 7) is 12.4. The van der Waals surface area contributed by atoms with Gasteiger partial charge in [-0.25, -0.2) is 18.7 Å². The fraction of sp³-hybridized carbons (Fsp3) is 0.452. The van der Waals surface area contributed by atoms with Gasteiger partial charge in [0.25, 0.3) is 0 Å². The Bertz CT molecular complexity index is 1420. The number of hydrogen-bond acceptors (Lipinski definition) is 7. The van der Waals surface area contributed by atoms with Gasteiger partial charge in [-0.2, -0.15) is 5.26 Å². The maximum Gasteiger partial charge on any atom is 0.302 e. The van der Waals surface area contributed by atoms with E-state index in [1.165, 1.54) is 11.8 Å². The van der Waals surface area contributed by atoms with Gasteiger partial charge in [0.1, 0.15) is 25.0 Å². The molecule has 2 aromatic carbocycles. The Labute approximate surface area is 257 Å². The standard InChI is InChI=1S/C31H38ClF2N3O3SSi/c1-29(2,3)42(7,8)40-20-31(33,34)19-39-27-21(17-35)15-23(16-26(27)32)30(4,5)22-9-11-25(12-10-22)38-18-24-13-14-36-28(37-24)41-6/h9-16H,18-20H2,1-8H3. The zero-order chi connectivity index (χ0) is 31.3. The first-order valence-corrected chi connectivity index (χ1v) is 18.0. The fourth-order valence-electron chi connectivity index (χ4n) is 3.75. The van der Waals surface area contributed by atoms with E-state index in [9.17, 15) is 14.0 Å². The molecular weight excluding hydrogens is 596 g/mol. The molecule has 0 radical (unpaired) electrons. The third kappa shape index (κ3) is 8.44. The number of aromatic nitrogens is 2. The van der Waals surface area contributed by atoms with E-state index in [0.717, 1.165) is 16.8 Å². The number of alkyl halides is 2. The highest BCUT2D eigenvalue weighted by Crippen LogP contribution is 2.40. The summed E-state index contributed by atoms with van der Waals surface area (Å²) in [6, 6.07) is 14.8. The molecule has 0 N–H and O–H groups in total. The molecule has 1 aromatic heterocycles. The van der Waals surface area contributed by atoms with Gasteiger partial charge in [0, 0.05) is 11.6 Å². The third-order valence-corrected chi connectivity index (χ3v) is 12.9. The van der Waals surface area contributed by atoms with Gasteiger partial charge in [-0.1, -0.05) is 70.1 Å². The monoisotopic (exact) mass is 633 g/mol. The zero-order valence-corrected chi connectivity index (χ0v) is 27.9. The molecular formula is C31H38ClF2N3O3SSi. The summed E-state index contributed by atoms with van der Waals surface area (Å²) in [7, 11) is -2.37. The van der Waals surface area contributed by atoms with Gasteiger partial charge in [-0.15, -0.1) is 0 Å². The summed E-state index contributed by atoms with van der Waals surface area (Å²) in [5.41, 5.74) is 1.99. The quantitative estimate of drug-likeness (QED) is 0.112. The molecule has 0 unspecified atom stereocenters. The number of ether oxygens (including phenoxy) is 2. The summed E-state index contributed by atoms with van der Waals surface area (Å²) in [6.07, 6.45) is 3.62. The van der Waals surface area contributed by atoms with E-state index < -0.39 is 32.9 Å². The highest BCUT2D eigenvalue weighted by atomic mass is 35.5. The van der Waals surface area contributed by atoms with Crippen LogP contribution in [0.25, 0.3) is 0 Å². The molecule has 0 aliphatic carbocycles. The summed E-state index contributed by atoms with van der Waals surface area (Å²) in [4.78, 5) is 8.59. The first-order chi connectivity index (χ1) is 19.5. The van der Waals surface area contributed by atoms with Crippen molar-refractivity contribution in [3.05, 3.63) is 76.1 Å². The number of nitriles is 1. The van der Waals surface area contributed by atoms with E-state index in [4.69, 9.17) is 25.5 Å². The van der Waals surface area contributed by atoms with Crippen LogP contribution in [0.1, 0.15) is 57.0 Å². The van der Waals surface area contributed by atoms with E-state index in [-0.39, 0.29) is 21.4 Å². The van der Waals surface area contributed by atoms with Crippen molar-refractivity contribution in [1.82, 2.24) is 9.97 Å². The highest BCUT2D eigenvalue weighted by Gasteiger charge is 2.41. The number of halogens is 3. The second-order valence-electron chi connectivity index (χ2n) is 12.1. The minimum absolute atomic E-state index is 0.0659. The van der Waals surface area contributed by atoms with E-state index in [0.29, 0.717) is 17.5 Å². The van der Waals surface area contributed by atoms with Gasteiger partial charge in [-0.3, -0.25) is 0 Å². The number of benzene rings is 2. The van der Waals surface area contributed by atoms with Crippen LogP contribution in [0.15, 0.2) is 53.8 Å². The molecule has 11 heteroatoms. The minimum atomic E-state index is -3.25. The molecule has 0 atom stereocenters. The Morgan fingerprint density at radius 2 is 1.64 bits per heavy atom. The molecule has 3 rings (SSSR count). The lowest BCUT2D eigenvalue weighted by Gasteiger charge is -2.37. The molecule has 0 aliphatic heterocycles. The third-order valence-electron chi connectivity index (χ3n) is 7.60. The first kappa shape index (κ1) is 33.8. The van der Waals surface area contributed by atoms with Crippen molar-refractivity contribution in [1.29, 1.82) is 5.26 Å². The number of thioether (sulfide) groups is 1. The van der Waals surface area contributed by atoms with Crippen molar-refractivity contribution in [3.8, 4) is 17.6 Å². The van der Waals surface area contributed by atoms with Crippen LogP contribution in [0.3, 0.4) is 0 Å². The second-order valence-corrected chi connectivity index (χ2v) is 18.1. The normalized spacial score (nSPS) is 12.6. The number of hydrogen-bond donors (Lipinski definition) is 0. The van der Waals surface area contributed by atoms with Crippen molar-refractivity contribution in [2.24, 2.45) is 0 Å². The Hall–Kier alpha value is -2.71. The van der Waals surface area contributed by atoms with Crippen LogP contribution in [0.4, 0.5) is 8.78 Å². The summed E-state index contributed by atoms with van der Waals surface area (Å²) in [5.74, 6) is -2.64. The van der Waals surface area contributed by atoms with Crippen LogP contribution >= 0.6 is 23.4 Å². The van der Waals surface area contributed by atoms with Gasteiger partial charge >= 0.3 is 5.92 Å².